The average molecular weight is 379 g/mol. The monoisotopic (exact) mass is 378 g/mol. The number of fused-ring (bicyclic) bond motifs is 1. The third-order valence-corrected chi connectivity index (χ3v) is 3.99. The van der Waals surface area contributed by atoms with E-state index in [2.05, 4.69) is 20.8 Å². The van der Waals surface area contributed by atoms with Crippen LogP contribution in [-0.4, -0.2) is 28.6 Å². The maximum absolute atomic E-state index is 12.2. The van der Waals surface area contributed by atoms with Crippen molar-refractivity contribution in [1.82, 2.24) is 10.1 Å². The van der Waals surface area contributed by atoms with Crippen molar-refractivity contribution in [2.45, 2.75) is 39.0 Å². The van der Waals surface area contributed by atoms with Gasteiger partial charge in [-0.05, 0) is 6.07 Å². The summed E-state index contributed by atoms with van der Waals surface area (Å²) in [4.78, 5) is 27.8. The smallest absolute Gasteiger partial charge is 0.262 e. The molecular weight excluding hydrogens is 360 g/mol. The number of carbonyl (C=O) groups is 2. The SMILES string of the molecule is CC(C)(C)c1noc(CCC(=O)Nc2cc3c(cc2Cl)NC(=O)CO3)n1. The molecule has 1 aromatic carbocycles. The highest BCUT2D eigenvalue weighted by molar-refractivity contribution is 6.34. The zero-order chi connectivity index (χ0) is 18.9. The first-order valence-corrected chi connectivity index (χ1v) is 8.49. The summed E-state index contributed by atoms with van der Waals surface area (Å²) in [5.74, 6) is 0.968. The Labute approximate surface area is 155 Å². The van der Waals surface area contributed by atoms with Gasteiger partial charge in [-0.2, -0.15) is 4.98 Å². The molecule has 0 aliphatic carbocycles. The van der Waals surface area contributed by atoms with Gasteiger partial charge in [0.15, 0.2) is 12.4 Å². The van der Waals surface area contributed by atoms with Crippen molar-refractivity contribution < 1.29 is 18.8 Å². The number of benzene rings is 1. The summed E-state index contributed by atoms with van der Waals surface area (Å²) < 4.78 is 10.5. The molecule has 2 aromatic rings. The molecule has 0 fully saturated rings. The van der Waals surface area contributed by atoms with Gasteiger partial charge in [-0.25, -0.2) is 0 Å². The number of amides is 2. The molecule has 1 aliphatic rings. The number of rotatable bonds is 4. The predicted molar refractivity (Wildman–Crippen MR) is 95.5 cm³/mol. The molecule has 26 heavy (non-hydrogen) atoms. The molecule has 0 atom stereocenters. The number of hydrogen-bond donors (Lipinski definition) is 2. The van der Waals surface area contributed by atoms with Crippen LogP contribution in [0.25, 0.3) is 0 Å². The van der Waals surface area contributed by atoms with Gasteiger partial charge in [0.2, 0.25) is 11.8 Å². The molecule has 0 bridgehead atoms. The van der Waals surface area contributed by atoms with Crippen LogP contribution in [0, 0.1) is 0 Å². The Morgan fingerprint density at radius 3 is 2.85 bits per heavy atom. The minimum absolute atomic E-state index is 0.0741. The van der Waals surface area contributed by atoms with Crippen molar-refractivity contribution in [1.29, 1.82) is 0 Å². The van der Waals surface area contributed by atoms with Crippen molar-refractivity contribution >= 4 is 34.8 Å². The zero-order valence-corrected chi connectivity index (χ0v) is 15.4. The van der Waals surface area contributed by atoms with E-state index in [0.29, 0.717) is 40.3 Å². The first-order chi connectivity index (χ1) is 12.2. The van der Waals surface area contributed by atoms with Crippen LogP contribution < -0.4 is 15.4 Å². The van der Waals surface area contributed by atoms with Crippen molar-refractivity contribution in [3.63, 3.8) is 0 Å². The van der Waals surface area contributed by atoms with Crippen LogP contribution in [-0.2, 0) is 21.4 Å². The summed E-state index contributed by atoms with van der Waals surface area (Å²) >= 11 is 6.16. The molecule has 1 aromatic heterocycles. The van der Waals surface area contributed by atoms with Gasteiger partial charge in [0.05, 0.1) is 16.4 Å². The Balaban J connectivity index is 1.62. The summed E-state index contributed by atoms with van der Waals surface area (Å²) in [6.07, 6.45) is 0.487. The summed E-state index contributed by atoms with van der Waals surface area (Å²) in [5.41, 5.74) is 0.674. The second-order valence-electron chi connectivity index (χ2n) is 6.97. The fraction of sp³-hybridized carbons (Fsp3) is 0.412. The summed E-state index contributed by atoms with van der Waals surface area (Å²) in [5, 5.41) is 9.61. The number of hydrogen-bond acceptors (Lipinski definition) is 6. The maximum atomic E-state index is 12.2. The molecule has 0 spiro atoms. The van der Waals surface area contributed by atoms with Crippen LogP contribution in [0.3, 0.4) is 0 Å². The molecule has 8 nitrogen and oxygen atoms in total. The van der Waals surface area contributed by atoms with Crippen LogP contribution in [0.4, 0.5) is 11.4 Å². The fourth-order valence-corrected chi connectivity index (χ4v) is 2.50. The quantitative estimate of drug-likeness (QED) is 0.847. The van der Waals surface area contributed by atoms with E-state index in [0.717, 1.165) is 0 Å². The van der Waals surface area contributed by atoms with Crippen LogP contribution >= 0.6 is 11.6 Å². The van der Waals surface area contributed by atoms with Gasteiger partial charge < -0.3 is 19.9 Å². The Bertz CT molecular complexity index is 857. The Morgan fingerprint density at radius 2 is 2.15 bits per heavy atom. The third kappa shape index (κ3) is 4.13. The molecule has 2 heterocycles. The molecule has 2 amide bonds. The second-order valence-corrected chi connectivity index (χ2v) is 7.38. The number of nitrogens with one attached hydrogen (secondary N) is 2. The molecule has 2 N–H and O–H groups in total. The van der Waals surface area contributed by atoms with Crippen LogP contribution in [0.15, 0.2) is 16.7 Å². The largest absolute Gasteiger partial charge is 0.482 e. The highest BCUT2D eigenvalue weighted by Gasteiger charge is 2.22. The Kier molecular flexibility index (Phi) is 4.86. The maximum Gasteiger partial charge on any atom is 0.262 e. The standard InChI is InChI=1S/C17H19ClN4O4/c1-17(2,3)16-21-15(26-22-16)5-4-13(23)19-10-7-12-11(6-9(10)18)20-14(24)8-25-12/h6-7H,4-5,8H2,1-3H3,(H,19,23)(H,20,24). The van der Waals surface area contributed by atoms with Gasteiger partial charge in [-0.15, -0.1) is 0 Å². The van der Waals surface area contributed by atoms with Gasteiger partial charge in [-0.1, -0.05) is 37.5 Å². The third-order valence-electron chi connectivity index (χ3n) is 3.68. The predicted octanol–water partition coefficient (Wildman–Crippen LogP) is 2.92. The first-order valence-electron chi connectivity index (χ1n) is 8.11. The van der Waals surface area contributed by atoms with Crippen LogP contribution in [0.2, 0.25) is 5.02 Å². The highest BCUT2D eigenvalue weighted by atomic mass is 35.5. The normalized spacial score (nSPS) is 13.6. The minimum atomic E-state index is -0.250. The summed E-state index contributed by atoms with van der Waals surface area (Å²) in [6.45, 7) is 5.88. The van der Waals surface area contributed by atoms with E-state index in [1.54, 1.807) is 6.07 Å². The molecule has 0 saturated carbocycles. The summed E-state index contributed by atoms with van der Waals surface area (Å²) in [7, 11) is 0. The highest BCUT2D eigenvalue weighted by Crippen LogP contribution is 2.36. The van der Waals surface area contributed by atoms with Crippen molar-refractivity contribution in [3.05, 3.63) is 28.9 Å². The summed E-state index contributed by atoms with van der Waals surface area (Å²) in [6, 6.07) is 3.12. The van der Waals surface area contributed by atoms with Crippen molar-refractivity contribution in [2.24, 2.45) is 0 Å². The van der Waals surface area contributed by atoms with Crippen LogP contribution in [0.5, 0.6) is 5.75 Å². The molecule has 1 aliphatic heterocycles. The molecule has 0 radical (unpaired) electrons. The molecular formula is C17H19ClN4O4. The molecule has 0 saturated heterocycles. The van der Waals surface area contributed by atoms with Crippen molar-refractivity contribution in [2.75, 3.05) is 17.2 Å². The Hall–Kier alpha value is -2.61. The second kappa shape index (κ2) is 6.95. The van der Waals surface area contributed by atoms with Gasteiger partial charge in [-0.3, -0.25) is 9.59 Å². The first kappa shape index (κ1) is 18.2. The van der Waals surface area contributed by atoms with Crippen molar-refractivity contribution in [3.8, 4) is 5.75 Å². The number of carbonyl (C=O) groups excluding carboxylic acids is 2. The van der Waals surface area contributed by atoms with E-state index in [-0.39, 0.29) is 30.3 Å². The Morgan fingerprint density at radius 1 is 1.38 bits per heavy atom. The number of aromatic nitrogens is 2. The lowest BCUT2D eigenvalue weighted by Crippen LogP contribution is -2.25. The topological polar surface area (TPSA) is 106 Å². The van der Waals surface area contributed by atoms with E-state index >= 15 is 0 Å². The number of nitrogens with zero attached hydrogens (tertiary/aromatic N) is 2. The van der Waals surface area contributed by atoms with Gasteiger partial charge in [0, 0.05) is 24.3 Å². The van der Waals surface area contributed by atoms with E-state index in [1.165, 1.54) is 6.07 Å². The lowest BCUT2D eigenvalue weighted by molar-refractivity contribution is -0.118. The van der Waals surface area contributed by atoms with E-state index in [1.807, 2.05) is 20.8 Å². The number of halogens is 1. The van der Waals surface area contributed by atoms with Gasteiger partial charge >= 0.3 is 0 Å². The number of ether oxygens (including phenoxy) is 1. The van der Waals surface area contributed by atoms with E-state index in [4.69, 9.17) is 20.9 Å². The fourth-order valence-electron chi connectivity index (χ4n) is 2.29. The van der Waals surface area contributed by atoms with Gasteiger partial charge in [0.1, 0.15) is 5.75 Å². The average Bonchev–Trinajstić information content (AvgIpc) is 3.03. The molecule has 3 rings (SSSR count). The lowest BCUT2D eigenvalue weighted by atomic mass is 9.96. The lowest BCUT2D eigenvalue weighted by Gasteiger charge is -2.19. The zero-order valence-electron chi connectivity index (χ0n) is 14.7. The van der Waals surface area contributed by atoms with E-state index in [9.17, 15) is 9.59 Å². The molecule has 0 unspecified atom stereocenters. The molecule has 9 heteroatoms. The number of aryl methyl sites for hydroxylation is 1. The van der Waals surface area contributed by atoms with Gasteiger partial charge in [0.25, 0.3) is 5.91 Å². The van der Waals surface area contributed by atoms with E-state index < -0.39 is 0 Å². The minimum Gasteiger partial charge on any atom is -0.482 e. The van der Waals surface area contributed by atoms with Crippen LogP contribution in [0.1, 0.15) is 38.9 Å². The number of anilines is 2. The molecule has 138 valence electrons.